The normalized spacial score (nSPS) is 10.6. The number of aromatic nitrogens is 2. The molecule has 2 aromatic rings. The smallest absolute Gasteiger partial charge is 0.255 e. The highest BCUT2D eigenvalue weighted by Gasteiger charge is 2.12. The van der Waals surface area contributed by atoms with Crippen molar-refractivity contribution >= 4 is 11.6 Å². The second kappa shape index (κ2) is 6.05. The maximum atomic E-state index is 14.1. The molecule has 4 nitrogen and oxygen atoms in total. The number of methoxy groups -OCH3 is 1. The van der Waals surface area contributed by atoms with Crippen LogP contribution in [0.2, 0.25) is 5.15 Å². The van der Waals surface area contributed by atoms with Crippen molar-refractivity contribution < 1.29 is 9.13 Å². The van der Waals surface area contributed by atoms with E-state index < -0.39 is 5.82 Å². The first kappa shape index (κ1) is 14.5. The first-order valence-corrected chi connectivity index (χ1v) is 6.52. The maximum Gasteiger partial charge on any atom is 0.255 e. The molecule has 1 aromatic carbocycles. The molecule has 0 unspecified atom stereocenters. The van der Waals surface area contributed by atoms with Gasteiger partial charge in [0.2, 0.25) is 0 Å². The van der Waals surface area contributed by atoms with Gasteiger partial charge in [-0.05, 0) is 6.07 Å². The van der Waals surface area contributed by atoms with E-state index in [9.17, 15) is 9.18 Å². The molecule has 0 N–H and O–H groups in total. The van der Waals surface area contributed by atoms with Crippen LogP contribution in [0.25, 0.3) is 0 Å². The zero-order valence-corrected chi connectivity index (χ0v) is 11.9. The molecule has 1 heterocycles. The zero-order chi connectivity index (χ0) is 14.7. The second-order valence-corrected chi connectivity index (χ2v) is 4.59. The van der Waals surface area contributed by atoms with Gasteiger partial charge in [0.1, 0.15) is 11.0 Å². The fourth-order valence-electron chi connectivity index (χ4n) is 1.97. The maximum absolute atomic E-state index is 14.1. The van der Waals surface area contributed by atoms with Crippen LogP contribution in [0.15, 0.2) is 29.1 Å². The first-order chi connectivity index (χ1) is 9.56. The highest BCUT2D eigenvalue weighted by molar-refractivity contribution is 6.29. The van der Waals surface area contributed by atoms with E-state index in [0.717, 1.165) is 0 Å². The number of hydrogen-bond acceptors (Lipinski definition) is 3. The van der Waals surface area contributed by atoms with E-state index in [1.165, 1.54) is 23.8 Å². The molecule has 6 heteroatoms. The van der Waals surface area contributed by atoms with E-state index >= 15 is 0 Å². The predicted molar refractivity (Wildman–Crippen MR) is 74.9 cm³/mol. The SMILES string of the molecule is CCc1nc(Cl)cc(=O)n1Cc1cccc(OC)c1F. The lowest BCUT2D eigenvalue weighted by Crippen LogP contribution is -2.25. The third kappa shape index (κ3) is 2.82. The van der Waals surface area contributed by atoms with Crippen molar-refractivity contribution in [3.63, 3.8) is 0 Å². The summed E-state index contributed by atoms with van der Waals surface area (Å²) < 4.78 is 20.5. The fraction of sp³-hybridized carbons (Fsp3) is 0.286. The third-order valence-electron chi connectivity index (χ3n) is 2.96. The highest BCUT2D eigenvalue weighted by Crippen LogP contribution is 2.20. The summed E-state index contributed by atoms with van der Waals surface area (Å²) in [5.74, 6) is 0.194. The van der Waals surface area contributed by atoms with Crippen molar-refractivity contribution in [1.29, 1.82) is 0 Å². The lowest BCUT2D eigenvalue weighted by atomic mass is 10.2. The van der Waals surface area contributed by atoms with Gasteiger partial charge in [-0.3, -0.25) is 9.36 Å². The van der Waals surface area contributed by atoms with E-state index in [2.05, 4.69) is 4.98 Å². The summed E-state index contributed by atoms with van der Waals surface area (Å²) in [6, 6.07) is 6.04. The molecule has 0 fully saturated rings. The summed E-state index contributed by atoms with van der Waals surface area (Å²) in [5.41, 5.74) is 0.0642. The van der Waals surface area contributed by atoms with Crippen LogP contribution in [0.5, 0.6) is 5.75 Å². The Balaban J connectivity index is 2.48. The van der Waals surface area contributed by atoms with Crippen molar-refractivity contribution in [2.75, 3.05) is 7.11 Å². The van der Waals surface area contributed by atoms with Crippen molar-refractivity contribution in [2.45, 2.75) is 19.9 Å². The molecule has 0 aliphatic rings. The number of rotatable bonds is 4. The first-order valence-electron chi connectivity index (χ1n) is 6.14. The van der Waals surface area contributed by atoms with Crippen LogP contribution in [-0.2, 0) is 13.0 Å². The molecule has 20 heavy (non-hydrogen) atoms. The van der Waals surface area contributed by atoms with Gasteiger partial charge in [-0.1, -0.05) is 30.7 Å². The summed E-state index contributed by atoms with van der Waals surface area (Å²) >= 11 is 5.76. The van der Waals surface area contributed by atoms with Crippen LogP contribution < -0.4 is 10.3 Å². The minimum Gasteiger partial charge on any atom is -0.494 e. The summed E-state index contributed by atoms with van der Waals surface area (Å²) in [7, 11) is 1.40. The van der Waals surface area contributed by atoms with Crippen LogP contribution in [0.1, 0.15) is 18.3 Å². The van der Waals surface area contributed by atoms with Gasteiger partial charge >= 0.3 is 0 Å². The van der Waals surface area contributed by atoms with Crippen molar-refractivity contribution in [3.8, 4) is 5.75 Å². The van der Waals surface area contributed by atoms with Gasteiger partial charge in [-0.15, -0.1) is 0 Å². The molecular formula is C14H14ClFN2O2. The topological polar surface area (TPSA) is 44.1 Å². The van der Waals surface area contributed by atoms with Gasteiger partial charge in [0.15, 0.2) is 11.6 Å². The van der Waals surface area contributed by atoms with E-state index in [4.69, 9.17) is 16.3 Å². The number of halogens is 2. The zero-order valence-electron chi connectivity index (χ0n) is 11.2. The lowest BCUT2D eigenvalue weighted by molar-refractivity contribution is 0.383. The average Bonchev–Trinajstić information content (AvgIpc) is 2.43. The molecule has 2 rings (SSSR count). The van der Waals surface area contributed by atoms with E-state index in [1.807, 2.05) is 6.92 Å². The predicted octanol–water partition coefficient (Wildman–Crippen LogP) is 2.66. The molecular weight excluding hydrogens is 283 g/mol. The van der Waals surface area contributed by atoms with Crippen molar-refractivity contribution in [2.24, 2.45) is 0 Å². The van der Waals surface area contributed by atoms with E-state index in [1.54, 1.807) is 12.1 Å². The summed E-state index contributed by atoms with van der Waals surface area (Å²) in [4.78, 5) is 16.1. The standard InChI is InChI=1S/C14H14ClFN2O2/c1-3-12-17-11(15)7-13(19)18(12)8-9-5-4-6-10(20-2)14(9)16/h4-7H,3,8H2,1-2H3. The Bertz CT molecular complexity index is 685. The molecule has 0 saturated heterocycles. The lowest BCUT2D eigenvalue weighted by Gasteiger charge is -2.12. The van der Waals surface area contributed by atoms with E-state index in [-0.39, 0.29) is 23.0 Å². The number of benzene rings is 1. The monoisotopic (exact) mass is 296 g/mol. The van der Waals surface area contributed by atoms with Crippen LogP contribution in [0, 0.1) is 5.82 Å². The Hall–Kier alpha value is -1.88. The quantitative estimate of drug-likeness (QED) is 0.815. The molecule has 0 bridgehead atoms. The summed E-state index contributed by atoms with van der Waals surface area (Å²) in [5, 5.41) is 0.147. The molecule has 0 aliphatic carbocycles. The van der Waals surface area contributed by atoms with Crippen molar-refractivity contribution in [3.05, 3.63) is 57.0 Å². The van der Waals surface area contributed by atoms with Crippen LogP contribution in [-0.4, -0.2) is 16.7 Å². The Morgan fingerprint density at radius 2 is 2.20 bits per heavy atom. The van der Waals surface area contributed by atoms with Gasteiger partial charge in [0.05, 0.1) is 13.7 Å². The van der Waals surface area contributed by atoms with Crippen LogP contribution in [0.3, 0.4) is 0 Å². The van der Waals surface area contributed by atoms with Crippen LogP contribution in [0.4, 0.5) is 4.39 Å². The summed E-state index contributed by atoms with van der Waals surface area (Å²) in [6.07, 6.45) is 0.529. The van der Waals surface area contributed by atoms with Gasteiger partial charge in [-0.25, -0.2) is 9.37 Å². The Morgan fingerprint density at radius 3 is 2.85 bits per heavy atom. The molecule has 0 atom stereocenters. The number of nitrogens with zero attached hydrogens (tertiary/aromatic N) is 2. The summed E-state index contributed by atoms with van der Waals surface area (Å²) in [6.45, 7) is 1.95. The number of hydrogen-bond donors (Lipinski definition) is 0. The van der Waals surface area contributed by atoms with Gasteiger partial charge in [-0.2, -0.15) is 0 Å². The second-order valence-electron chi connectivity index (χ2n) is 4.21. The largest absolute Gasteiger partial charge is 0.494 e. The van der Waals surface area contributed by atoms with Crippen LogP contribution >= 0.6 is 11.6 Å². The molecule has 0 spiro atoms. The Labute approximate surface area is 120 Å². The minimum absolute atomic E-state index is 0.0925. The molecule has 106 valence electrons. The molecule has 0 radical (unpaired) electrons. The molecule has 1 aromatic heterocycles. The Kier molecular flexibility index (Phi) is 4.39. The third-order valence-corrected chi connectivity index (χ3v) is 3.16. The van der Waals surface area contributed by atoms with Crippen molar-refractivity contribution in [1.82, 2.24) is 9.55 Å². The average molecular weight is 297 g/mol. The molecule has 0 saturated carbocycles. The fourth-order valence-corrected chi connectivity index (χ4v) is 2.16. The molecule has 0 amide bonds. The van der Waals surface area contributed by atoms with Gasteiger partial charge in [0, 0.05) is 18.1 Å². The molecule has 0 aliphatic heterocycles. The highest BCUT2D eigenvalue weighted by atomic mass is 35.5. The number of ether oxygens (including phenoxy) is 1. The minimum atomic E-state index is -0.473. The van der Waals surface area contributed by atoms with Gasteiger partial charge in [0.25, 0.3) is 5.56 Å². The van der Waals surface area contributed by atoms with Gasteiger partial charge < -0.3 is 4.74 Å². The Morgan fingerprint density at radius 1 is 1.45 bits per heavy atom. The van der Waals surface area contributed by atoms with E-state index in [0.29, 0.717) is 17.8 Å². The number of aryl methyl sites for hydroxylation is 1.